The van der Waals surface area contributed by atoms with Crippen molar-refractivity contribution in [3.05, 3.63) is 64.3 Å². The summed E-state index contributed by atoms with van der Waals surface area (Å²) in [5, 5.41) is 18.8. The number of nitrogens with one attached hydrogen (secondary N) is 1. The van der Waals surface area contributed by atoms with Gasteiger partial charge in [0.1, 0.15) is 5.75 Å². The van der Waals surface area contributed by atoms with Crippen molar-refractivity contribution in [1.82, 2.24) is 25.0 Å². The Kier molecular flexibility index (Phi) is 7.50. The van der Waals surface area contributed by atoms with Crippen LogP contribution in [0.3, 0.4) is 0 Å². The Hall–Kier alpha value is -3.26. The lowest BCUT2D eigenvalue weighted by atomic mass is 9.96. The van der Waals surface area contributed by atoms with E-state index in [1.807, 2.05) is 32.9 Å². The Morgan fingerprint density at radius 3 is 2.69 bits per heavy atom. The topological polar surface area (TPSA) is 100 Å². The molecule has 1 amide bonds. The molecule has 8 heteroatoms. The number of phenols is 1. The van der Waals surface area contributed by atoms with E-state index < -0.39 is 0 Å². The predicted molar refractivity (Wildman–Crippen MR) is 136 cm³/mol. The van der Waals surface area contributed by atoms with Gasteiger partial charge < -0.3 is 10.4 Å². The van der Waals surface area contributed by atoms with E-state index in [2.05, 4.69) is 15.2 Å². The van der Waals surface area contributed by atoms with Gasteiger partial charge in [0.25, 0.3) is 5.56 Å². The zero-order valence-corrected chi connectivity index (χ0v) is 20.8. The van der Waals surface area contributed by atoms with Crippen LogP contribution < -0.4 is 10.9 Å². The number of nitrogens with zero attached hydrogens (tertiary/aromatic N) is 4. The molecule has 1 aliphatic heterocycles. The van der Waals surface area contributed by atoms with Crippen LogP contribution in [-0.2, 0) is 17.8 Å². The first-order chi connectivity index (χ1) is 16.7. The van der Waals surface area contributed by atoms with Crippen molar-refractivity contribution in [2.45, 2.75) is 59.0 Å². The Morgan fingerprint density at radius 2 is 1.94 bits per heavy atom. The van der Waals surface area contributed by atoms with Gasteiger partial charge in [-0.15, -0.1) is 0 Å². The zero-order chi connectivity index (χ0) is 25.0. The molecule has 1 unspecified atom stereocenters. The molecule has 1 fully saturated rings. The van der Waals surface area contributed by atoms with Gasteiger partial charge in [-0.05, 0) is 49.6 Å². The minimum atomic E-state index is -0.382. The highest BCUT2D eigenvalue weighted by Crippen LogP contribution is 2.21. The summed E-state index contributed by atoms with van der Waals surface area (Å²) in [6.45, 7) is 8.80. The third kappa shape index (κ3) is 6.06. The molecule has 0 bridgehead atoms. The maximum atomic E-state index is 13.3. The number of aromatic hydroxyl groups is 1. The first-order valence-corrected chi connectivity index (χ1v) is 12.4. The molecule has 4 rings (SSSR count). The zero-order valence-electron chi connectivity index (χ0n) is 20.8. The van der Waals surface area contributed by atoms with Gasteiger partial charge in [0.15, 0.2) is 0 Å². The molecule has 2 aromatic heterocycles. The fourth-order valence-electron chi connectivity index (χ4n) is 4.60. The number of phenolic OH excluding ortho intramolecular Hbond substituents is 1. The highest BCUT2D eigenvalue weighted by Gasteiger charge is 2.26. The predicted octanol–water partition coefficient (Wildman–Crippen LogP) is 3.10. The summed E-state index contributed by atoms with van der Waals surface area (Å²) in [5.74, 6) is 0.288. The molecule has 3 aromatic rings. The van der Waals surface area contributed by atoms with Crippen LogP contribution in [0.25, 0.3) is 10.8 Å². The van der Waals surface area contributed by atoms with Crippen molar-refractivity contribution >= 4 is 16.7 Å². The maximum Gasteiger partial charge on any atom is 0.274 e. The second kappa shape index (κ2) is 10.6. The first-order valence-electron chi connectivity index (χ1n) is 12.4. The smallest absolute Gasteiger partial charge is 0.274 e. The number of pyridine rings is 1. The van der Waals surface area contributed by atoms with Gasteiger partial charge in [0.2, 0.25) is 5.91 Å². The number of benzene rings is 1. The molecule has 1 atom stereocenters. The molecule has 0 radical (unpaired) electrons. The molecule has 0 spiro atoms. The normalized spacial score (nSPS) is 16.6. The van der Waals surface area contributed by atoms with Crippen LogP contribution in [0, 0.1) is 5.41 Å². The minimum Gasteiger partial charge on any atom is -0.508 e. The molecule has 186 valence electrons. The largest absolute Gasteiger partial charge is 0.508 e. The number of carbonyl (C=O) groups excluding carboxylic acids is 1. The van der Waals surface area contributed by atoms with E-state index in [0.29, 0.717) is 24.9 Å². The summed E-state index contributed by atoms with van der Waals surface area (Å²) < 4.78 is 1.61. The van der Waals surface area contributed by atoms with Crippen molar-refractivity contribution in [3.63, 3.8) is 0 Å². The molecule has 0 aliphatic carbocycles. The van der Waals surface area contributed by atoms with E-state index in [4.69, 9.17) is 5.10 Å². The van der Waals surface area contributed by atoms with Crippen molar-refractivity contribution in [1.29, 1.82) is 0 Å². The van der Waals surface area contributed by atoms with E-state index >= 15 is 0 Å². The van der Waals surface area contributed by atoms with E-state index in [1.54, 1.807) is 35.3 Å². The molecule has 35 heavy (non-hydrogen) atoms. The highest BCUT2D eigenvalue weighted by atomic mass is 16.3. The standard InChI is InChI=1S/C27H35N5O3/c1-27(2,3)26(35)29-12-5-15-31-14-4-6-20(31)18-32-25(34)22-11-13-28-17-23(22)24(30-32)16-19-7-9-21(33)10-8-19/h7-11,13,17,20,33H,4-6,12,14-16,18H2,1-3H3,(H,29,35). The number of amides is 1. The fraction of sp³-hybridized carbons (Fsp3) is 0.481. The van der Waals surface area contributed by atoms with Gasteiger partial charge in [-0.25, -0.2) is 4.68 Å². The molecule has 2 N–H and O–H groups in total. The molecular weight excluding hydrogens is 442 g/mol. The SMILES string of the molecule is CC(C)(C)C(=O)NCCCN1CCCC1Cn1nc(Cc2ccc(O)cc2)c2cnccc2c1=O. The van der Waals surface area contributed by atoms with Crippen molar-refractivity contribution in [2.24, 2.45) is 5.41 Å². The van der Waals surface area contributed by atoms with Crippen molar-refractivity contribution in [2.75, 3.05) is 19.6 Å². The van der Waals surface area contributed by atoms with Crippen LogP contribution in [0.15, 0.2) is 47.5 Å². The average Bonchev–Trinajstić information content (AvgIpc) is 3.27. The molecule has 1 aliphatic rings. The van der Waals surface area contributed by atoms with Gasteiger partial charge in [-0.2, -0.15) is 5.10 Å². The first kappa shape index (κ1) is 24.9. The average molecular weight is 478 g/mol. The van der Waals surface area contributed by atoms with Crippen LogP contribution in [-0.4, -0.2) is 56.4 Å². The summed E-state index contributed by atoms with van der Waals surface area (Å²) in [6, 6.07) is 9.05. The lowest BCUT2D eigenvalue weighted by Crippen LogP contribution is -2.40. The third-order valence-electron chi connectivity index (χ3n) is 6.62. The number of fused-ring (bicyclic) bond motifs is 1. The lowest BCUT2D eigenvalue weighted by molar-refractivity contribution is -0.128. The number of likely N-dealkylation sites (tertiary alicyclic amines) is 1. The lowest BCUT2D eigenvalue weighted by Gasteiger charge is -2.25. The number of hydrogen-bond donors (Lipinski definition) is 2. The molecule has 1 aromatic carbocycles. The van der Waals surface area contributed by atoms with E-state index in [1.165, 1.54) is 0 Å². The number of carbonyl (C=O) groups is 1. The van der Waals surface area contributed by atoms with Crippen LogP contribution in [0.4, 0.5) is 0 Å². The highest BCUT2D eigenvalue weighted by molar-refractivity contribution is 5.83. The van der Waals surface area contributed by atoms with Crippen LogP contribution >= 0.6 is 0 Å². The summed E-state index contributed by atoms with van der Waals surface area (Å²) in [5.41, 5.74) is 1.33. The van der Waals surface area contributed by atoms with Crippen LogP contribution in [0.2, 0.25) is 0 Å². The van der Waals surface area contributed by atoms with Crippen molar-refractivity contribution < 1.29 is 9.90 Å². The monoisotopic (exact) mass is 477 g/mol. The molecule has 3 heterocycles. The Bertz CT molecular complexity index is 1230. The number of aromatic nitrogens is 3. The van der Waals surface area contributed by atoms with E-state index in [9.17, 15) is 14.7 Å². The summed E-state index contributed by atoms with van der Waals surface area (Å²) in [4.78, 5) is 32.0. The Balaban J connectivity index is 1.49. The maximum absolute atomic E-state index is 13.3. The van der Waals surface area contributed by atoms with Crippen LogP contribution in [0.5, 0.6) is 5.75 Å². The van der Waals surface area contributed by atoms with Gasteiger partial charge in [-0.3, -0.25) is 19.5 Å². The summed E-state index contributed by atoms with van der Waals surface area (Å²) >= 11 is 0. The fourth-order valence-corrected chi connectivity index (χ4v) is 4.60. The van der Waals surface area contributed by atoms with Gasteiger partial charge in [0.05, 0.1) is 17.6 Å². The number of rotatable bonds is 8. The molecule has 1 saturated heterocycles. The second-order valence-electron chi connectivity index (χ2n) is 10.4. The summed E-state index contributed by atoms with van der Waals surface area (Å²) in [6.07, 6.45) is 6.88. The minimum absolute atomic E-state index is 0.0676. The third-order valence-corrected chi connectivity index (χ3v) is 6.62. The summed E-state index contributed by atoms with van der Waals surface area (Å²) in [7, 11) is 0. The Morgan fingerprint density at radius 1 is 1.17 bits per heavy atom. The van der Waals surface area contributed by atoms with Gasteiger partial charge >= 0.3 is 0 Å². The van der Waals surface area contributed by atoms with Gasteiger partial charge in [0, 0.05) is 48.7 Å². The quantitative estimate of drug-likeness (QED) is 0.484. The van der Waals surface area contributed by atoms with Crippen molar-refractivity contribution in [3.8, 4) is 5.75 Å². The molecular formula is C27H35N5O3. The molecule has 8 nitrogen and oxygen atoms in total. The van der Waals surface area contributed by atoms with Crippen LogP contribution in [0.1, 0.15) is 51.3 Å². The van der Waals surface area contributed by atoms with Gasteiger partial charge in [-0.1, -0.05) is 32.9 Å². The second-order valence-corrected chi connectivity index (χ2v) is 10.4. The molecule has 0 saturated carbocycles. The Labute approximate surface area is 206 Å². The van der Waals surface area contributed by atoms with E-state index in [-0.39, 0.29) is 28.7 Å². The van der Waals surface area contributed by atoms with E-state index in [0.717, 1.165) is 49.0 Å². The number of hydrogen-bond acceptors (Lipinski definition) is 6.